The van der Waals surface area contributed by atoms with Gasteiger partial charge in [-0.1, -0.05) is 12.1 Å². The van der Waals surface area contributed by atoms with Crippen LogP contribution in [0.15, 0.2) is 24.3 Å². The summed E-state index contributed by atoms with van der Waals surface area (Å²) in [6.07, 6.45) is -14.7. The summed E-state index contributed by atoms with van der Waals surface area (Å²) in [5.74, 6) is -0.689. The fourth-order valence-electron chi connectivity index (χ4n) is 1.38. The molecule has 0 amide bonds. The zero-order valence-electron chi connectivity index (χ0n) is 9.80. The highest BCUT2D eigenvalue weighted by Gasteiger charge is 2.44. The molecule has 1 aromatic carbocycles. The molecule has 0 radical (unpaired) electrons. The minimum absolute atomic E-state index is 0.148. The monoisotopic (exact) mass is 305 g/mol. The molecule has 20 heavy (non-hydrogen) atoms. The number of rotatable bonds is 5. The van der Waals surface area contributed by atoms with Crippen molar-refractivity contribution in [3.8, 4) is 5.75 Å². The Morgan fingerprint density at radius 2 is 1.70 bits per heavy atom. The maximum Gasteiger partial charge on any atom is 0.461 e. The molecule has 0 saturated heterocycles. The van der Waals surface area contributed by atoms with Crippen LogP contribution in [0, 0.1) is 0 Å². The van der Waals surface area contributed by atoms with Gasteiger partial charge in [0, 0.05) is 6.04 Å². The number of hydrogen-bond donors (Lipinski definition) is 1. The van der Waals surface area contributed by atoms with Gasteiger partial charge >= 0.3 is 18.7 Å². The predicted octanol–water partition coefficient (Wildman–Crippen LogP) is 3.88. The van der Waals surface area contributed by atoms with Crippen molar-refractivity contribution in [3.63, 3.8) is 0 Å². The van der Waals surface area contributed by atoms with Crippen molar-refractivity contribution in [2.24, 2.45) is 5.73 Å². The first kappa shape index (κ1) is 16.5. The lowest BCUT2D eigenvalue weighted by atomic mass is 10.0. The number of nitrogens with two attached hydrogens (primary N) is 1. The van der Waals surface area contributed by atoms with Crippen molar-refractivity contribution in [1.29, 1.82) is 0 Å². The molecule has 114 valence electrons. The number of benzene rings is 1. The third-order valence-corrected chi connectivity index (χ3v) is 2.25. The van der Waals surface area contributed by atoms with E-state index in [1.807, 2.05) is 0 Å². The molecule has 9 heteroatoms. The van der Waals surface area contributed by atoms with Gasteiger partial charge in [0.05, 0.1) is 6.42 Å². The second kappa shape index (κ2) is 5.86. The molecule has 1 rings (SSSR count). The number of hydrogen-bond acceptors (Lipinski definition) is 2. The van der Waals surface area contributed by atoms with E-state index in [-0.39, 0.29) is 5.56 Å². The van der Waals surface area contributed by atoms with Crippen LogP contribution < -0.4 is 10.5 Å². The fraction of sp³-hybridized carbons (Fsp3) is 0.455. The minimum Gasteiger partial charge on any atom is -0.428 e. The summed E-state index contributed by atoms with van der Waals surface area (Å²) >= 11 is 0. The van der Waals surface area contributed by atoms with Crippen LogP contribution in [0.1, 0.15) is 18.0 Å². The molecule has 0 bridgehead atoms. The average Bonchev–Trinajstić information content (AvgIpc) is 2.26. The molecule has 0 aromatic heterocycles. The van der Waals surface area contributed by atoms with Crippen LogP contribution in [0.4, 0.5) is 30.7 Å². The number of halogens is 7. The lowest BCUT2D eigenvalue weighted by molar-refractivity contribution is -0.253. The van der Waals surface area contributed by atoms with Crippen molar-refractivity contribution in [1.82, 2.24) is 0 Å². The summed E-state index contributed by atoms with van der Waals surface area (Å²) in [4.78, 5) is 0. The second-order valence-corrected chi connectivity index (χ2v) is 3.96. The number of alkyl halides is 7. The van der Waals surface area contributed by atoms with Gasteiger partial charge in [-0.2, -0.15) is 30.7 Å². The molecule has 0 fully saturated rings. The van der Waals surface area contributed by atoms with E-state index in [0.717, 1.165) is 24.3 Å². The zero-order valence-corrected chi connectivity index (χ0v) is 9.80. The van der Waals surface area contributed by atoms with Crippen LogP contribution in [0.25, 0.3) is 0 Å². The van der Waals surface area contributed by atoms with Gasteiger partial charge in [0.25, 0.3) is 0 Å². The highest BCUT2D eigenvalue weighted by atomic mass is 19.4. The third kappa shape index (κ3) is 4.87. The number of ether oxygens (including phenoxy) is 1. The Hall–Kier alpha value is -1.51. The molecule has 0 heterocycles. The second-order valence-electron chi connectivity index (χ2n) is 3.96. The minimum atomic E-state index is -4.73. The van der Waals surface area contributed by atoms with Gasteiger partial charge in [-0.25, -0.2) is 0 Å². The largest absolute Gasteiger partial charge is 0.461 e. The molecule has 0 aliphatic rings. The first-order chi connectivity index (χ1) is 9.01. The SMILES string of the molecule is N[C@H](CC(F)(F)F)c1cccc(OC(F)(F)C(F)F)c1. The van der Waals surface area contributed by atoms with Gasteiger partial charge in [0.15, 0.2) is 0 Å². The predicted molar refractivity (Wildman–Crippen MR) is 55.6 cm³/mol. The summed E-state index contributed by atoms with van der Waals surface area (Å²) in [5.41, 5.74) is 5.11. The summed E-state index contributed by atoms with van der Waals surface area (Å²) in [6, 6.07) is 2.43. The molecular formula is C11H10F7NO. The van der Waals surface area contributed by atoms with Gasteiger partial charge in [0.1, 0.15) is 5.75 Å². The smallest absolute Gasteiger partial charge is 0.428 e. The summed E-state index contributed by atoms with van der Waals surface area (Å²) in [5, 5.41) is 0. The zero-order chi connectivity index (χ0) is 15.6. The summed E-state index contributed by atoms with van der Waals surface area (Å²) in [7, 11) is 0. The Kier molecular flexibility index (Phi) is 4.85. The van der Waals surface area contributed by atoms with E-state index in [4.69, 9.17) is 5.73 Å². The van der Waals surface area contributed by atoms with Gasteiger partial charge in [-0.05, 0) is 17.7 Å². The molecule has 0 unspecified atom stereocenters. The van der Waals surface area contributed by atoms with Crippen LogP contribution >= 0.6 is 0 Å². The Balaban J connectivity index is 2.86. The third-order valence-electron chi connectivity index (χ3n) is 2.25. The molecular weight excluding hydrogens is 295 g/mol. The van der Waals surface area contributed by atoms with Gasteiger partial charge < -0.3 is 10.5 Å². The normalized spacial score (nSPS) is 14.4. The Labute approximate surface area is 109 Å². The first-order valence-electron chi connectivity index (χ1n) is 5.28. The van der Waals surface area contributed by atoms with Crippen molar-refractivity contribution in [2.75, 3.05) is 0 Å². The lowest BCUT2D eigenvalue weighted by Gasteiger charge is -2.19. The van der Waals surface area contributed by atoms with Crippen LogP contribution in [0.2, 0.25) is 0 Å². The molecule has 0 saturated carbocycles. The van der Waals surface area contributed by atoms with E-state index in [9.17, 15) is 30.7 Å². The maximum atomic E-state index is 12.7. The van der Waals surface area contributed by atoms with Crippen LogP contribution in [0.5, 0.6) is 5.75 Å². The van der Waals surface area contributed by atoms with E-state index >= 15 is 0 Å². The van der Waals surface area contributed by atoms with Gasteiger partial charge in [-0.3, -0.25) is 0 Å². The van der Waals surface area contributed by atoms with E-state index in [2.05, 4.69) is 4.74 Å². The van der Waals surface area contributed by atoms with Crippen molar-refractivity contribution in [2.45, 2.75) is 31.2 Å². The van der Waals surface area contributed by atoms with E-state index < -0.39 is 36.9 Å². The molecule has 2 N–H and O–H groups in total. The molecule has 1 atom stereocenters. The Morgan fingerprint density at radius 3 is 2.20 bits per heavy atom. The highest BCUT2D eigenvalue weighted by Crippen LogP contribution is 2.31. The van der Waals surface area contributed by atoms with Crippen molar-refractivity contribution >= 4 is 0 Å². The molecule has 1 aromatic rings. The topological polar surface area (TPSA) is 35.2 Å². The molecule has 0 spiro atoms. The Morgan fingerprint density at radius 1 is 1.10 bits per heavy atom. The van der Waals surface area contributed by atoms with Crippen LogP contribution in [0.3, 0.4) is 0 Å². The quantitative estimate of drug-likeness (QED) is 0.838. The summed E-state index contributed by atoms with van der Waals surface area (Å²) in [6.45, 7) is 0. The Bertz CT molecular complexity index is 447. The molecule has 0 aliphatic carbocycles. The van der Waals surface area contributed by atoms with Gasteiger partial charge in [0.2, 0.25) is 0 Å². The van der Waals surface area contributed by atoms with Crippen LogP contribution in [-0.2, 0) is 0 Å². The van der Waals surface area contributed by atoms with Crippen molar-refractivity contribution < 1.29 is 35.5 Å². The fourth-order valence-corrected chi connectivity index (χ4v) is 1.38. The summed E-state index contributed by atoms with van der Waals surface area (Å²) < 4.78 is 89.3. The van der Waals surface area contributed by atoms with Crippen LogP contribution in [-0.4, -0.2) is 18.7 Å². The van der Waals surface area contributed by atoms with Gasteiger partial charge in [-0.15, -0.1) is 0 Å². The molecule has 0 aliphatic heterocycles. The van der Waals surface area contributed by atoms with E-state index in [1.54, 1.807) is 0 Å². The van der Waals surface area contributed by atoms with Crippen molar-refractivity contribution in [3.05, 3.63) is 29.8 Å². The lowest BCUT2D eigenvalue weighted by Crippen LogP contribution is -2.33. The van der Waals surface area contributed by atoms with E-state index in [0.29, 0.717) is 0 Å². The van der Waals surface area contributed by atoms with E-state index in [1.165, 1.54) is 0 Å². The first-order valence-corrected chi connectivity index (χ1v) is 5.28. The molecule has 2 nitrogen and oxygen atoms in total. The maximum absolute atomic E-state index is 12.7. The average molecular weight is 305 g/mol. The highest BCUT2D eigenvalue weighted by molar-refractivity contribution is 5.30. The standard InChI is InChI=1S/C11H10F7NO/c12-9(13)11(17,18)20-7-3-1-2-6(4-7)8(19)5-10(14,15)16/h1-4,8-9H,5,19H2/t8-/m1/s1.